The van der Waals surface area contributed by atoms with Crippen LogP contribution in [0, 0.1) is 6.92 Å². The molecule has 2 aromatic carbocycles. The highest BCUT2D eigenvalue weighted by molar-refractivity contribution is 7.80. The first kappa shape index (κ1) is 24.8. The largest absolute Gasteiger partial charge is 0.457 e. The summed E-state index contributed by atoms with van der Waals surface area (Å²) >= 11 is 12.7. The summed E-state index contributed by atoms with van der Waals surface area (Å²) in [6.45, 7) is 3.98. The van der Waals surface area contributed by atoms with E-state index in [1.54, 1.807) is 28.8 Å². The third kappa shape index (κ3) is 5.61. The maximum Gasteiger partial charge on any atom is 0.250 e. The molecule has 0 saturated carbocycles. The van der Waals surface area contributed by atoms with Crippen molar-refractivity contribution < 1.29 is 9.21 Å². The summed E-state index contributed by atoms with van der Waals surface area (Å²) in [6.07, 6.45) is 3.71. The summed E-state index contributed by atoms with van der Waals surface area (Å²) < 4.78 is 7.56. The summed E-state index contributed by atoms with van der Waals surface area (Å²) in [4.78, 5) is 13.1. The monoisotopic (exact) mass is 548 g/mol. The Morgan fingerprint density at radius 1 is 1.14 bits per heavy atom. The zero-order valence-corrected chi connectivity index (χ0v) is 22.2. The Morgan fingerprint density at radius 3 is 2.68 bits per heavy atom. The molecule has 8 nitrogen and oxygen atoms in total. The van der Waals surface area contributed by atoms with Gasteiger partial charge in [0, 0.05) is 34.3 Å². The van der Waals surface area contributed by atoms with E-state index in [2.05, 4.69) is 25.9 Å². The number of aromatic nitrogens is 4. The summed E-state index contributed by atoms with van der Waals surface area (Å²) in [5.41, 5.74) is 3.60. The smallest absolute Gasteiger partial charge is 0.250 e. The van der Waals surface area contributed by atoms with E-state index >= 15 is 0 Å². The van der Waals surface area contributed by atoms with E-state index in [0.29, 0.717) is 16.5 Å². The van der Waals surface area contributed by atoms with Crippen molar-refractivity contribution in [2.24, 2.45) is 0 Å². The lowest BCUT2D eigenvalue weighted by atomic mass is 10.1. The molecule has 11 heteroatoms. The fourth-order valence-corrected chi connectivity index (χ4v) is 4.80. The molecule has 0 aliphatic rings. The second-order valence-electron chi connectivity index (χ2n) is 8.09. The van der Waals surface area contributed by atoms with Crippen LogP contribution in [0.25, 0.3) is 32.9 Å². The van der Waals surface area contributed by atoms with Gasteiger partial charge < -0.3 is 9.73 Å². The van der Waals surface area contributed by atoms with Gasteiger partial charge in [0.25, 0.3) is 0 Å². The molecule has 5 aromatic rings. The predicted octanol–water partition coefficient (Wildman–Crippen LogP) is 6.16. The minimum absolute atomic E-state index is 0.193. The molecule has 0 unspecified atom stereocenters. The number of carbonyl (C=O) groups is 1. The zero-order valence-electron chi connectivity index (χ0n) is 19.9. The number of rotatable bonds is 6. The van der Waals surface area contributed by atoms with Crippen LogP contribution in [0.3, 0.4) is 0 Å². The van der Waals surface area contributed by atoms with E-state index < -0.39 is 0 Å². The first-order valence-corrected chi connectivity index (χ1v) is 13.0. The molecule has 37 heavy (non-hydrogen) atoms. The van der Waals surface area contributed by atoms with Crippen LogP contribution >= 0.6 is 35.2 Å². The molecule has 0 aliphatic heterocycles. The van der Waals surface area contributed by atoms with Crippen molar-refractivity contribution in [2.45, 2.75) is 20.3 Å². The molecule has 0 bridgehead atoms. The van der Waals surface area contributed by atoms with Crippen LogP contribution in [0.1, 0.15) is 24.1 Å². The van der Waals surface area contributed by atoms with Crippen molar-refractivity contribution in [1.29, 1.82) is 0 Å². The first-order valence-electron chi connectivity index (χ1n) is 11.4. The molecule has 3 heterocycles. The Kier molecular flexibility index (Phi) is 7.13. The molecule has 0 saturated heterocycles. The zero-order chi connectivity index (χ0) is 25.9. The van der Waals surface area contributed by atoms with E-state index in [-0.39, 0.29) is 11.0 Å². The summed E-state index contributed by atoms with van der Waals surface area (Å²) in [7, 11) is 0. The second-order valence-corrected chi connectivity index (χ2v) is 9.89. The van der Waals surface area contributed by atoms with E-state index in [4.69, 9.17) is 28.2 Å². The van der Waals surface area contributed by atoms with Crippen LogP contribution in [0.5, 0.6) is 0 Å². The van der Waals surface area contributed by atoms with Crippen LogP contribution in [0.4, 0.5) is 5.69 Å². The van der Waals surface area contributed by atoms with E-state index in [0.717, 1.165) is 44.6 Å². The van der Waals surface area contributed by atoms with Gasteiger partial charge in [0.05, 0.1) is 0 Å². The highest BCUT2D eigenvalue weighted by Crippen LogP contribution is 2.29. The van der Waals surface area contributed by atoms with Gasteiger partial charge in [-0.25, -0.2) is 0 Å². The van der Waals surface area contributed by atoms with Gasteiger partial charge in [-0.05, 0) is 85.4 Å². The minimum atomic E-state index is -0.373. The average Bonchev–Trinajstić information content (AvgIpc) is 3.60. The van der Waals surface area contributed by atoms with Gasteiger partial charge in [-0.1, -0.05) is 29.9 Å². The van der Waals surface area contributed by atoms with Crippen molar-refractivity contribution in [3.05, 3.63) is 82.8 Å². The van der Waals surface area contributed by atoms with Gasteiger partial charge in [-0.3, -0.25) is 10.1 Å². The third-order valence-electron chi connectivity index (χ3n) is 5.48. The standard InChI is InChI=1S/C26H21ClN6O2S2/c1-3-22-30-31-26-33(22)32-24(37-26)17-6-11-20(15(2)14-17)28-25(36)29-23(34)13-10-19-9-12-21(35-19)16-4-7-18(27)8-5-16/h4-14H,3H2,1-2H3,(H2,28,29,34,36)/b13-10+. The Balaban J connectivity index is 1.19. The number of carbonyl (C=O) groups excluding carboxylic acids is 1. The van der Waals surface area contributed by atoms with Gasteiger partial charge in [0.2, 0.25) is 10.9 Å². The summed E-state index contributed by atoms with van der Waals surface area (Å²) in [5.74, 6) is 1.68. The summed E-state index contributed by atoms with van der Waals surface area (Å²) in [5, 5.41) is 20.4. The molecule has 0 radical (unpaired) electrons. The van der Waals surface area contributed by atoms with Crippen LogP contribution < -0.4 is 10.6 Å². The number of furan rings is 1. The maximum atomic E-state index is 12.4. The van der Waals surface area contributed by atoms with E-state index in [1.165, 1.54) is 17.4 Å². The number of halogens is 1. The molecular formula is C26H21ClN6O2S2. The summed E-state index contributed by atoms with van der Waals surface area (Å²) in [6, 6.07) is 16.8. The predicted molar refractivity (Wildman–Crippen MR) is 151 cm³/mol. The minimum Gasteiger partial charge on any atom is -0.457 e. The highest BCUT2D eigenvalue weighted by atomic mass is 35.5. The normalized spacial score (nSPS) is 11.3. The lowest BCUT2D eigenvalue weighted by molar-refractivity contribution is -0.115. The van der Waals surface area contributed by atoms with Gasteiger partial charge in [-0.2, -0.15) is 9.61 Å². The number of benzene rings is 2. The number of thiocarbonyl (C=S) groups is 1. The lowest BCUT2D eigenvalue weighted by Gasteiger charge is -2.11. The lowest BCUT2D eigenvalue weighted by Crippen LogP contribution is -2.33. The topological polar surface area (TPSA) is 97.3 Å². The van der Waals surface area contributed by atoms with Gasteiger partial charge in [0.1, 0.15) is 16.5 Å². The quantitative estimate of drug-likeness (QED) is 0.193. The molecule has 0 spiro atoms. The van der Waals surface area contributed by atoms with Crippen LogP contribution in [0.15, 0.2) is 65.1 Å². The van der Waals surface area contributed by atoms with Crippen LogP contribution in [0.2, 0.25) is 5.02 Å². The average molecular weight is 549 g/mol. The van der Waals surface area contributed by atoms with Crippen LogP contribution in [-0.2, 0) is 11.2 Å². The van der Waals surface area contributed by atoms with Crippen molar-refractivity contribution in [3.63, 3.8) is 0 Å². The Hall–Kier alpha value is -3.86. The van der Waals surface area contributed by atoms with Crippen molar-refractivity contribution in [1.82, 2.24) is 25.1 Å². The fraction of sp³-hybridized carbons (Fsp3) is 0.115. The van der Waals surface area contributed by atoms with Crippen molar-refractivity contribution >= 4 is 62.9 Å². The highest BCUT2D eigenvalue weighted by Gasteiger charge is 2.13. The third-order valence-corrected chi connectivity index (χ3v) is 6.89. The molecule has 0 atom stereocenters. The van der Waals surface area contributed by atoms with Crippen molar-refractivity contribution in [3.8, 4) is 21.9 Å². The molecule has 3 aromatic heterocycles. The maximum absolute atomic E-state index is 12.4. The number of fused-ring (bicyclic) bond motifs is 1. The Bertz CT molecular complexity index is 1630. The molecule has 0 fully saturated rings. The molecule has 2 N–H and O–H groups in total. The molecule has 0 aliphatic carbocycles. The Morgan fingerprint density at radius 2 is 1.92 bits per heavy atom. The molecule has 5 rings (SSSR count). The molecule has 186 valence electrons. The first-order chi connectivity index (χ1) is 17.9. The molecule has 1 amide bonds. The number of hydrogen-bond acceptors (Lipinski definition) is 7. The number of nitrogens with one attached hydrogen (secondary N) is 2. The number of aryl methyl sites for hydroxylation is 2. The van der Waals surface area contributed by atoms with E-state index in [1.807, 2.05) is 50.2 Å². The second kappa shape index (κ2) is 10.6. The van der Waals surface area contributed by atoms with Crippen molar-refractivity contribution in [2.75, 3.05) is 5.32 Å². The molecular weight excluding hydrogens is 528 g/mol. The number of anilines is 1. The number of nitrogens with zero attached hydrogens (tertiary/aromatic N) is 4. The van der Waals surface area contributed by atoms with E-state index in [9.17, 15) is 4.79 Å². The number of amides is 1. The Labute approximate surface area is 227 Å². The fourth-order valence-electron chi connectivity index (χ4n) is 3.61. The number of hydrogen-bond donors (Lipinski definition) is 2. The SMILES string of the molecule is CCc1nnc2sc(-c3ccc(NC(=S)NC(=O)/C=C/c4ccc(-c5ccc(Cl)cc5)o4)c(C)c3)nn12. The van der Waals surface area contributed by atoms with Gasteiger partial charge >= 0.3 is 0 Å². The van der Waals surface area contributed by atoms with Gasteiger partial charge in [-0.15, -0.1) is 10.2 Å². The van der Waals surface area contributed by atoms with Crippen LogP contribution in [-0.4, -0.2) is 30.8 Å². The van der Waals surface area contributed by atoms with Gasteiger partial charge in [0.15, 0.2) is 10.9 Å².